The second-order valence-corrected chi connectivity index (χ2v) is 11.9. The van der Waals surface area contributed by atoms with Gasteiger partial charge in [-0.2, -0.15) is 9.97 Å². The van der Waals surface area contributed by atoms with Gasteiger partial charge in [-0.3, -0.25) is 4.90 Å². The van der Waals surface area contributed by atoms with Crippen LogP contribution in [0, 0.1) is 24.0 Å². The summed E-state index contributed by atoms with van der Waals surface area (Å²) in [6.45, 7) is 2.03. The number of phenolic OH excluding ortho intramolecular Hbond substituents is 1. The normalized spacial score (nSPS) is 24.6. The Labute approximate surface area is 245 Å². The summed E-state index contributed by atoms with van der Waals surface area (Å²) in [5.74, 6) is 1.35. The zero-order valence-corrected chi connectivity index (χ0v) is 23.2. The third-order valence-electron chi connectivity index (χ3n) is 9.36. The summed E-state index contributed by atoms with van der Waals surface area (Å²) in [6.07, 6.45) is 9.09. The first-order valence-corrected chi connectivity index (χ1v) is 14.6. The fraction of sp³-hybridized carbons (Fsp3) is 0.406. The smallest absolute Gasteiger partial charge is 0.319 e. The van der Waals surface area contributed by atoms with E-state index in [1.807, 2.05) is 4.90 Å². The largest absolute Gasteiger partial charge is 0.508 e. The molecular weight excluding hydrogens is 559 g/mol. The van der Waals surface area contributed by atoms with Crippen LogP contribution in [0.4, 0.5) is 19.0 Å². The van der Waals surface area contributed by atoms with Gasteiger partial charge in [0.05, 0.1) is 11.1 Å². The molecule has 4 aliphatic heterocycles. The number of terminal acetylenes is 1. The van der Waals surface area contributed by atoms with Crippen molar-refractivity contribution in [2.75, 3.05) is 31.1 Å². The predicted octanol–water partition coefficient (Wildman–Crippen LogP) is 5.47. The number of phenols is 1. The molecule has 0 spiro atoms. The van der Waals surface area contributed by atoms with E-state index < -0.39 is 23.3 Å². The lowest BCUT2D eigenvalue weighted by Gasteiger charge is -2.40. The molecule has 1 N–H and O–H groups in total. The molecule has 4 aliphatic rings. The van der Waals surface area contributed by atoms with E-state index in [-0.39, 0.29) is 58.2 Å². The molecule has 0 unspecified atom stereocenters. The molecule has 8 nitrogen and oxygen atoms in total. The maximum atomic E-state index is 16.7. The highest BCUT2D eigenvalue weighted by Gasteiger charge is 2.49. The van der Waals surface area contributed by atoms with Crippen molar-refractivity contribution < 1.29 is 27.8 Å². The second-order valence-electron chi connectivity index (χ2n) is 11.9. The first-order valence-electron chi connectivity index (χ1n) is 14.6. The zero-order valence-electron chi connectivity index (χ0n) is 23.2. The quantitative estimate of drug-likeness (QED) is 0.315. The minimum absolute atomic E-state index is 0.0182. The van der Waals surface area contributed by atoms with E-state index in [0.717, 1.165) is 32.2 Å². The Hall–Kier alpha value is -4.30. The van der Waals surface area contributed by atoms with Crippen LogP contribution in [0.3, 0.4) is 0 Å². The number of hydrogen-bond acceptors (Lipinski definition) is 8. The summed E-state index contributed by atoms with van der Waals surface area (Å²) in [5.41, 5.74) is -0.667. The molecule has 0 saturated carbocycles. The summed E-state index contributed by atoms with van der Waals surface area (Å²) in [7, 11) is 0. The Kier molecular flexibility index (Phi) is 5.88. The van der Waals surface area contributed by atoms with Crippen molar-refractivity contribution in [2.45, 2.75) is 56.5 Å². The van der Waals surface area contributed by atoms with Crippen molar-refractivity contribution in [3.63, 3.8) is 0 Å². The number of anilines is 1. The van der Waals surface area contributed by atoms with Gasteiger partial charge in [0.1, 0.15) is 40.9 Å². The highest BCUT2D eigenvalue weighted by molar-refractivity contribution is 6.04. The Bertz CT molecular complexity index is 1860. The summed E-state index contributed by atoms with van der Waals surface area (Å²) in [6, 6.07) is 5.40. The minimum atomic E-state index is -0.919. The maximum Gasteiger partial charge on any atom is 0.319 e. The SMILES string of the molecule is C#Cc1c(F)ccc2cc(O)cc(-c3nc4c5c(nc(OC[C@@]67CCCN6C[C@H](F)C7)nc5c3F)N3CCCC[C@H]3O4)c12. The number of aromatic nitrogens is 3. The molecule has 0 amide bonds. The highest BCUT2D eigenvalue weighted by atomic mass is 19.1. The van der Waals surface area contributed by atoms with Crippen LogP contribution in [0.1, 0.15) is 44.1 Å². The fourth-order valence-corrected chi connectivity index (χ4v) is 7.43. The van der Waals surface area contributed by atoms with E-state index in [2.05, 4.69) is 20.8 Å². The number of aromatic hydroxyl groups is 1. The molecule has 3 atom stereocenters. The Morgan fingerprint density at radius 3 is 2.86 bits per heavy atom. The minimum Gasteiger partial charge on any atom is -0.508 e. The number of pyridine rings is 1. The Morgan fingerprint density at radius 1 is 1.12 bits per heavy atom. The lowest BCUT2D eigenvalue weighted by Crippen LogP contribution is -2.46. The van der Waals surface area contributed by atoms with Gasteiger partial charge in [-0.25, -0.2) is 18.2 Å². The number of piperidine rings is 1. The van der Waals surface area contributed by atoms with E-state index in [1.165, 1.54) is 24.3 Å². The van der Waals surface area contributed by atoms with Crippen LogP contribution >= 0.6 is 0 Å². The van der Waals surface area contributed by atoms with Crippen molar-refractivity contribution in [1.82, 2.24) is 19.9 Å². The van der Waals surface area contributed by atoms with Gasteiger partial charge in [-0.05, 0) is 55.8 Å². The molecule has 3 fully saturated rings. The first kappa shape index (κ1) is 26.3. The van der Waals surface area contributed by atoms with Crippen molar-refractivity contribution >= 4 is 27.5 Å². The number of benzene rings is 2. The van der Waals surface area contributed by atoms with Gasteiger partial charge in [0.2, 0.25) is 5.88 Å². The van der Waals surface area contributed by atoms with Crippen LogP contribution in [0.5, 0.6) is 17.6 Å². The fourth-order valence-electron chi connectivity index (χ4n) is 7.43. The molecule has 0 bridgehead atoms. The van der Waals surface area contributed by atoms with Gasteiger partial charge >= 0.3 is 6.01 Å². The molecule has 3 saturated heterocycles. The van der Waals surface area contributed by atoms with E-state index in [9.17, 15) is 13.9 Å². The Balaban J connectivity index is 1.32. The van der Waals surface area contributed by atoms with Crippen LogP contribution in [-0.4, -0.2) is 69.1 Å². The second kappa shape index (κ2) is 9.61. The molecule has 0 aliphatic carbocycles. The number of rotatable bonds is 4. The standard InChI is InChI=1S/C32H28F3N5O3/c1-2-20-22(34)8-7-17-12-19(41)13-21(24(17)20)27-26(35)28-25-29(40-11-4-3-6-23(40)43-30(25)36-27)38-31(37-28)42-16-32-9-5-10-39(32)15-18(33)14-32/h1,7-8,12-13,18,23,41H,3-6,9-11,14-16H2/t18-,23-,32+/m1/s1. The highest BCUT2D eigenvalue weighted by Crippen LogP contribution is 2.46. The third kappa shape index (κ3) is 3.99. The molecule has 6 heterocycles. The molecule has 2 aromatic heterocycles. The Morgan fingerprint density at radius 2 is 2.00 bits per heavy atom. The molecule has 8 rings (SSSR count). The van der Waals surface area contributed by atoms with Crippen LogP contribution in [0.2, 0.25) is 0 Å². The maximum absolute atomic E-state index is 16.7. The summed E-state index contributed by atoms with van der Waals surface area (Å²) in [4.78, 5) is 17.9. The lowest BCUT2D eigenvalue weighted by molar-refractivity contribution is 0.107. The van der Waals surface area contributed by atoms with E-state index in [1.54, 1.807) is 0 Å². The molecule has 11 heteroatoms. The number of ether oxygens (including phenoxy) is 2. The number of nitrogens with zero attached hydrogens (tertiary/aromatic N) is 5. The summed E-state index contributed by atoms with van der Waals surface area (Å²) >= 11 is 0. The average molecular weight is 588 g/mol. The van der Waals surface area contributed by atoms with Crippen LogP contribution in [-0.2, 0) is 0 Å². The molecule has 4 aromatic rings. The van der Waals surface area contributed by atoms with Gasteiger partial charge in [-0.15, -0.1) is 6.42 Å². The first-order chi connectivity index (χ1) is 20.8. The number of hydrogen-bond donors (Lipinski definition) is 1. The van der Waals surface area contributed by atoms with Crippen LogP contribution < -0.4 is 14.4 Å². The van der Waals surface area contributed by atoms with Gasteiger partial charge in [0.25, 0.3) is 0 Å². The zero-order chi connectivity index (χ0) is 29.5. The predicted molar refractivity (Wildman–Crippen MR) is 154 cm³/mol. The van der Waals surface area contributed by atoms with Crippen molar-refractivity contribution in [3.05, 3.63) is 41.5 Å². The monoisotopic (exact) mass is 587 g/mol. The van der Waals surface area contributed by atoms with Crippen molar-refractivity contribution in [2.24, 2.45) is 0 Å². The number of alkyl halides is 1. The van der Waals surface area contributed by atoms with Crippen molar-refractivity contribution in [3.8, 4) is 41.2 Å². The molecule has 43 heavy (non-hydrogen) atoms. The summed E-state index contributed by atoms with van der Waals surface area (Å²) < 4.78 is 58.4. The van der Waals surface area contributed by atoms with E-state index in [0.29, 0.717) is 42.5 Å². The van der Waals surface area contributed by atoms with Gasteiger partial charge in [0.15, 0.2) is 17.9 Å². The molecule has 220 valence electrons. The van der Waals surface area contributed by atoms with Gasteiger partial charge in [-0.1, -0.05) is 12.0 Å². The summed E-state index contributed by atoms with van der Waals surface area (Å²) in [5, 5.41) is 11.5. The molecular formula is C32H28F3N5O3. The molecule has 2 aromatic carbocycles. The van der Waals surface area contributed by atoms with E-state index in [4.69, 9.17) is 20.9 Å². The van der Waals surface area contributed by atoms with Gasteiger partial charge in [0, 0.05) is 36.9 Å². The lowest BCUT2D eigenvalue weighted by atomic mass is 9.95. The molecule has 0 radical (unpaired) electrons. The average Bonchev–Trinajstić information content (AvgIpc) is 3.53. The number of fused-ring (bicyclic) bond motifs is 4. The van der Waals surface area contributed by atoms with Crippen molar-refractivity contribution in [1.29, 1.82) is 0 Å². The van der Waals surface area contributed by atoms with Crippen LogP contribution in [0.25, 0.3) is 32.9 Å². The van der Waals surface area contributed by atoms with Crippen LogP contribution in [0.15, 0.2) is 24.3 Å². The van der Waals surface area contributed by atoms with Gasteiger partial charge < -0.3 is 19.5 Å². The van der Waals surface area contributed by atoms with E-state index >= 15 is 4.39 Å². The number of halogens is 3. The third-order valence-corrected chi connectivity index (χ3v) is 9.36. The topological polar surface area (TPSA) is 83.8 Å².